The van der Waals surface area contributed by atoms with Crippen LogP contribution in [-0.4, -0.2) is 28.6 Å². The molecule has 0 aliphatic rings. The summed E-state index contributed by atoms with van der Waals surface area (Å²) >= 11 is 3.38. The molecule has 0 aliphatic carbocycles. The lowest BCUT2D eigenvalue weighted by molar-refractivity contribution is 0.102. The summed E-state index contributed by atoms with van der Waals surface area (Å²) in [6, 6.07) is 10.8. The average molecular weight is 466 g/mol. The van der Waals surface area contributed by atoms with Gasteiger partial charge in [-0.3, -0.25) is 9.59 Å². The molecular weight excluding hydrogens is 451 g/mol. The van der Waals surface area contributed by atoms with Crippen molar-refractivity contribution in [3.8, 4) is 5.75 Å². The Labute approximate surface area is 162 Å². The van der Waals surface area contributed by atoms with Crippen molar-refractivity contribution >= 4 is 51.0 Å². The molecule has 0 radical (unpaired) electrons. The first-order chi connectivity index (χ1) is 12.0. The standard InChI is InChI=1S/C18H15IN2O3S/c1-10-7-11(3-6-16(10)24-2)15(22)9-25-18-20-14-5-4-12(19)8-13(14)17(23)21-18/h3-8H,9H2,1-2H3,(H,20,21,23). The van der Waals surface area contributed by atoms with E-state index in [2.05, 4.69) is 32.6 Å². The van der Waals surface area contributed by atoms with Crippen molar-refractivity contribution < 1.29 is 9.53 Å². The van der Waals surface area contributed by atoms with Gasteiger partial charge in [0.1, 0.15) is 5.75 Å². The van der Waals surface area contributed by atoms with Crippen molar-refractivity contribution in [2.45, 2.75) is 12.1 Å². The Hall–Kier alpha value is -1.87. The summed E-state index contributed by atoms with van der Waals surface area (Å²) in [5.41, 5.74) is 1.95. The third-order valence-corrected chi connectivity index (χ3v) is 5.25. The van der Waals surface area contributed by atoms with Crippen LogP contribution in [0.4, 0.5) is 0 Å². The molecule has 0 fully saturated rings. The Morgan fingerprint density at radius 3 is 2.80 bits per heavy atom. The van der Waals surface area contributed by atoms with E-state index < -0.39 is 0 Å². The van der Waals surface area contributed by atoms with E-state index in [0.29, 0.717) is 21.6 Å². The number of methoxy groups -OCH3 is 1. The zero-order valence-corrected chi connectivity index (χ0v) is 16.6. The zero-order chi connectivity index (χ0) is 18.0. The second-order valence-electron chi connectivity index (χ2n) is 5.43. The number of ether oxygens (including phenoxy) is 1. The first-order valence-electron chi connectivity index (χ1n) is 7.48. The van der Waals surface area contributed by atoms with Gasteiger partial charge >= 0.3 is 0 Å². The number of H-pyrrole nitrogens is 1. The van der Waals surface area contributed by atoms with Gasteiger partial charge in [-0.1, -0.05) is 11.8 Å². The molecule has 1 heterocycles. The van der Waals surface area contributed by atoms with Gasteiger partial charge in [0, 0.05) is 9.13 Å². The lowest BCUT2D eigenvalue weighted by atomic mass is 10.1. The molecule has 1 N–H and O–H groups in total. The molecular formula is C18H15IN2O3S. The summed E-state index contributed by atoms with van der Waals surface area (Å²) in [5.74, 6) is 0.922. The molecule has 0 saturated carbocycles. The number of nitrogens with one attached hydrogen (secondary N) is 1. The molecule has 0 saturated heterocycles. The number of ketones is 1. The summed E-state index contributed by atoms with van der Waals surface area (Å²) in [6.07, 6.45) is 0. The number of aryl methyl sites for hydroxylation is 1. The van der Waals surface area contributed by atoms with Gasteiger partial charge in [-0.15, -0.1) is 0 Å². The molecule has 7 heteroatoms. The van der Waals surface area contributed by atoms with Crippen LogP contribution >= 0.6 is 34.4 Å². The van der Waals surface area contributed by atoms with Gasteiger partial charge in [-0.2, -0.15) is 0 Å². The maximum absolute atomic E-state index is 12.4. The minimum Gasteiger partial charge on any atom is -0.496 e. The monoisotopic (exact) mass is 466 g/mol. The van der Waals surface area contributed by atoms with Crippen molar-refractivity contribution in [1.29, 1.82) is 0 Å². The van der Waals surface area contributed by atoms with Gasteiger partial charge in [0.2, 0.25) is 0 Å². The molecule has 25 heavy (non-hydrogen) atoms. The van der Waals surface area contributed by atoms with E-state index in [1.165, 1.54) is 11.8 Å². The first-order valence-corrected chi connectivity index (χ1v) is 9.54. The van der Waals surface area contributed by atoms with Crippen molar-refractivity contribution in [1.82, 2.24) is 9.97 Å². The van der Waals surface area contributed by atoms with Gasteiger partial charge in [0.15, 0.2) is 10.9 Å². The van der Waals surface area contributed by atoms with Gasteiger partial charge in [0.05, 0.1) is 23.8 Å². The number of aromatic amines is 1. The summed E-state index contributed by atoms with van der Waals surface area (Å²) in [7, 11) is 1.60. The molecule has 128 valence electrons. The molecule has 0 spiro atoms. The van der Waals surface area contributed by atoms with Crippen molar-refractivity contribution in [3.05, 3.63) is 61.4 Å². The molecule has 5 nitrogen and oxygen atoms in total. The van der Waals surface area contributed by atoms with Crippen LogP contribution in [0, 0.1) is 10.5 Å². The number of Topliss-reactive ketones (excluding diaryl/α,β-unsaturated/α-hetero) is 1. The molecule has 0 aliphatic heterocycles. The van der Waals surface area contributed by atoms with E-state index >= 15 is 0 Å². The predicted octanol–water partition coefficient (Wildman–Crippen LogP) is 3.82. The lowest BCUT2D eigenvalue weighted by Gasteiger charge is -2.07. The number of halogens is 1. The van der Waals surface area contributed by atoms with E-state index in [4.69, 9.17) is 4.74 Å². The van der Waals surface area contributed by atoms with Crippen molar-refractivity contribution in [2.75, 3.05) is 12.9 Å². The number of hydrogen-bond donors (Lipinski definition) is 1. The third kappa shape index (κ3) is 4.04. The Morgan fingerprint density at radius 2 is 2.08 bits per heavy atom. The summed E-state index contributed by atoms with van der Waals surface area (Å²) in [5, 5.41) is 0.991. The van der Waals surface area contributed by atoms with E-state index in [-0.39, 0.29) is 17.1 Å². The molecule has 0 unspecified atom stereocenters. The van der Waals surface area contributed by atoms with Crippen LogP contribution < -0.4 is 10.3 Å². The minimum atomic E-state index is -0.196. The van der Waals surface area contributed by atoms with Crippen LogP contribution in [0.5, 0.6) is 5.75 Å². The second-order valence-corrected chi connectivity index (χ2v) is 7.64. The SMILES string of the molecule is COc1ccc(C(=O)CSc2nc3ccc(I)cc3c(=O)[nH]2)cc1C. The number of carbonyl (C=O) groups excluding carboxylic acids is 1. The topological polar surface area (TPSA) is 72.0 Å². The fourth-order valence-corrected chi connectivity index (χ4v) is 3.68. The highest BCUT2D eigenvalue weighted by atomic mass is 127. The molecule has 3 rings (SSSR count). The van der Waals surface area contributed by atoms with Crippen LogP contribution in [-0.2, 0) is 0 Å². The van der Waals surface area contributed by atoms with Crippen LogP contribution in [0.2, 0.25) is 0 Å². The molecule has 0 atom stereocenters. The molecule has 2 aromatic carbocycles. The van der Waals surface area contributed by atoms with E-state index in [1.54, 1.807) is 31.4 Å². The van der Waals surface area contributed by atoms with E-state index in [0.717, 1.165) is 14.9 Å². The Kier molecular flexibility index (Phi) is 5.43. The molecule has 1 aromatic heterocycles. The fourth-order valence-electron chi connectivity index (χ4n) is 2.43. The number of benzene rings is 2. The Morgan fingerprint density at radius 1 is 1.28 bits per heavy atom. The average Bonchev–Trinajstić information content (AvgIpc) is 2.60. The zero-order valence-electron chi connectivity index (χ0n) is 13.6. The quantitative estimate of drug-likeness (QED) is 0.268. The summed E-state index contributed by atoms with van der Waals surface area (Å²) in [6.45, 7) is 1.90. The highest BCUT2D eigenvalue weighted by Crippen LogP contribution is 2.21. The van der Waals surface area contributed by atoms with Crippen molar-refractivity contribution in [2.24, 2.45) is 0 Å². The highest BCUT2D eigenvalue weighted by Gasteiger charge is 2.11. The predicted molar refractivity (Wildman–Crippen MR) is 108 cm³/mol. The number of hydrogen-bond acceptors (Lipinski definition) is 5. The number of thioether (sulfide) groups is 1. The maximum atomic E-state index is 12.4. The number of aromatic nitrogens is 2. The lowest BCUT2D eigenvalue weighted by Crippen LogP contribution is -2.11. The van der Waals surface area contributed by atoms with Crippen LogP contribution in [0.15, 0.2) is 46.3 Å². The number of nitrogens with zero attached hydrogens (tertiary/aromatic N) is 1. The van der Waals surface area contributed by atoms with Crippen LogP contribution in [0.3, 0.4) is 0 Å². The smallest absolute Gasteiger partial charge is 0.259 e. The summed E-state index contributed by atoms with van der Waals surface area (Å²) < 4.78 is 6.18. The van der Waals surface area contributed by atoms with E-state index in [9.17, 15) is 9.59 Å². The van der Waals surface area contributed by atoms with Gasteiger partial charge in [0.25, 0.3) is 5.56 Å². The third-order valence-electron chi connectivity index (χ3n) is 3.70. The Balaban J connectivity index is 1.78. The summed E-state index contributed by atoms with van der Waals surface area (Å²) in [4.78, 5) is 31.7. The largest absolute Gasteiger partial charge is 0.496 e. The highest BCUT2D eigenvalue weighted by molar-refractivity contribution is 14.1. The van der Waals surface area contributed by atoms with Gasteiger partial charge in [-0.25, -0.2) is 4.98 Å². The molecule has 0 amide bonds. The number of fused-ring (bicyclic) bond motifs is 1. The van der Waals surface area contributed by atoms with E-state index in [1.807, 2.05) is 19.1 Å². The number of carbonyl (C=O) groups is 1. The van der Waals surface area contributed by atoms with Crippen molar-refractivity contribution in [3.63, 3.8) is 0 Å². The normalized spacial score (nSPS) is 10.8. The van der Waals surface area contributed by atoms with Gasteiger partial charge in [-0.05, 0) is 71.5 Å². The van der Waals surface area contributed by atoms with Crippen LogP contribution in [0.25, 0.3) is 10.9 Å². The second kappa shape index (κ2) is 7.57. The number of rotatable bonds is 5. The minimum absolute atomic E-state index is 0.0268. The van der Waals surface area contributed by atoms with Gasteiger partial charge < -0.3 is 9.72 Å². The molecule has 0 bridgehead atoms. The van der Waals surface area contributed by atoms with Crippen LogP contribution in [0.1, 0.15) is 15.9 Å². The maximum Gasteiger partial charge on any atom is 0.259 e. The first kappa shape index (κ1) is 17.9. The Bertz CT molecular complexity index is 1020. The molecule has 3 aromatic rings. The fraction of sp³-hybridized carbons (Fsp3) is 0.167.